The van der Waals surface area contributed by atoms with Gasteiger partial charge in [0.15, 0.2) is 6.29 Å². The molecule has 0 aromatic carbocycles. The second kappa shape index (κ2) is 12.0. The van der Waals surface area contributed by atoms with Gasteiger partial charge < -0.3 is 34.1 Å². The molecule has 3 aliphatic rings. The van der Waals surface area contributed by atoms with Crippen LogP contribution in [0.1, 0.15) is 54.4 Å². The van der Waals surface area contributed by atoms with Crippen LogP contribution in [0.3, 0.4) is 0 Å². The van der Waals surface area contributed by atoms with Gasteiger partial charge in [0.1, 0.15) is 23.9 Å². The van der Waals surface area contributed by atoms with Crippen molar-refractivity contribution in [3.63, 3.8) is 0 Å². The van der Waals surface area contributed by atoms with Gasteiger partial charge in [-0.15, -0.1) is 0 Å². The van der Waals surface area contributed by atoms with Crippen molar-refractivity contribution in [1.29, 1.82) is 0 Å². The van der Waals surface area contributed by atoms with Gasteiger partial charge in [-0.2, -0.15) is 0 Å². The number of amides is 1. The van der Waals surface area contributed by atoms with Crippen LogP contribution in [0.2, 0.25) is 0 Å². The molecule has 2 N–H and O–H groups in total. The van der Waals surface area contributed by atoms with E-state index in [-0.39, 0.29) is 29.4 Å². The van der Waals surface area contributed by atoms with Crippen molar-refractivity contribution in [3.05, 3.63) is 36.0 Å². The molecule has 1 spiro atoms. The van der Waals surface area contributed by atoms with E-state index in [2.05, 4.69) is 5.32 Å². The van der Waals surface area contributed by atoms with Crippen LogP contribution in [-0.2, 0) is 33.3 Å². The van der Waals surface area contributed by atoms with E-state index in [9.17, 15) is 14.7 Å². The number of nitrogens with one attached hydrogen (secondary N) is 1. The molecule has 3 aliphatic heterocycles. The molecule has 0 saturated carbocycles. The Balaban J connectivity index is 1.38. The number of carbonyl (C=O) groups excluding carboxylic acids is 2. The van der Waals surface area contributed by atoms with Gasteiger partial charge in [-0.25, -0.2) is 0 Å². The Kier molecular flexibility index (Phi) is 9.51. The Hall–Kier alpha value is -2.04. The lowest BCUT2D eigenvalue weighted by Gasteiger charge is -2.41. The van der Waals surface area contributed by atoms with Crippen molar-refractivity contribution in [3.8, 4) is 0 Å². The first-order chi connectivity index (χ1) is 16.9. The summed E-state index contributed by atoms with van der Waals surface area (Å²) in [6, 6.07) is -0.262. The van der Waals surface area contributed by atoms with Crippen molar-refractivity contribution in [1.82, 2.24) is 5.32 Å². The van der Waals surface area contributed by atoms with Gasteiger partial charge in [-0.05, 0) is 33.8 Å². The fourth-order valence-electron chi connectivity index (χ4n) is 4.30. The first kappa shape index (κ1) is 28.5. The molecule has 0 aliphatic carbocycles. The molecular formula is C27H41NO8. The molecule has 3 saturated heterocycles. The van der Waals surface area contributed by atoms with Gasteiger partial charge in [0, 0.05) is 18.9 Å². The Morgan fingerprint density at radius 3 is 2.44 bits per heavy atom. The number of esters is 1. The fourth-order valence-corrected chi connectivity index (χ4v) is 4.30. The summed E-state index contributed by atoms with van der Waals surface area (Å²) < 4.78 is 28.3. The summed E-state index contributed by atoms with van der Waals surface area (Å²) >= 11 is 0. The highest BCUT2D eigenvalue weighted by molar-refractivity contribution is 5.87. The van der Waals surface area contributed by atoms with E-state index < -0.39 is 30.2 Å². The quantitative estimate of drug-likeness (QED) is 0.212. The number of rotatable bonds is 9. The van der Waals surface area contributed by atoms with Gasteiger partial charge in [0.2, 0.25) is 5.91 Å². The number of ether oxygens (including phenoxy) is 5. The highest BCUT2D eigenvalue weighted by Crippen LogP contribution is 2.46. The maximum atomic E-state index is 12.1. The minimum Gasteiger partial charge on any atom is -0.458 e. The molecule has 0 bridgehead atoms. The third kappa shape index (κ3) is 8.24. The normalized spacial score (nSPS) is 33.3. The predicted octanol–water partition coefficient (Wildman–Crippen LogP) is 2.58. The van der Waals surface area contributed by atoms with Crippen molar-refractivity contribution in [2.75, 3.05) is 19.8 Å². The highest BCUT2D eigenvalue weighted by Gasteiger charge is 2.60. The minimum atomic E-state index is -0.681. The zero-order valence-corrected chi connectivity index (χ0v) is 22.2. The van der Waals surface area contributed by atoms with Gasteiger partial charge in [-0.3, -0.25) is 9.59 Å². The summed E-state index contributed by atoms with van der Waals surface area (Å²) in [5.74, 6) is -0.824. The largest absolute Gasteiger partial charge is 0.458 e. The summed E-state index contributed by atoms with van der Waals surface area (Å²) in [6.45, 7) is 12.5. The number of carbonyl (C=O) groups is 2. The third-order valence-corrected chi connectivity index (χ3v) is 6.33. The van der Waals surface area contributed by atoms with Crippen LogP contribution in [0.15, 0.2) is 36.0 Å². The fraction of sp³-hybridized carbons (Fsp3) is 0.704. The van der Waals surface area contributed by atoms with Crippen molar-refractivity contribution in [2.24, 2.45) is 5.92 Å². The molecule has 3 rings (SSSR count). The second-order valence-corrected chi connectivity index (χ2v) is 10.8. The molecular weight excluding hydrogens is 466 g/mol. The van der Waals surface area contributed by atoms with E-state index in [0.717, 1.165) is 5.57 Å². The number of hydrogen-bond donors (Lipinski definition) is 2. The highest BCUT2D eigenvalue weighted by atomic mass is 16.7. The maximum Gasteiger partial charge on any atom is 0.308 e. The molecule has 9 heteroatoms. The molecule has 1 amide bonds. The molecule has 0 aromatic heterocycles. The van der Waals surface area contributed by atoms with Crippen molar-refractivity contribution in [2.45, 2.75) is 96.2 Å². The first-order valence-corrected chi connectivity index (χ1v) is 12.7. The monoisotopic (exact) mass is 507 g/mol. The van der Waals surface area contributed by atoms with Gasteiger partial charge >= 0.3 is 5.97 Å². The van der Waals surface area contributed by atoms with E-state index >= 15 is 0 Å². The number of aliphatic hydroxyl groups is 1. The molecule has 3 fully saturated rings. The number of hydrogen-bond acceptors (Lipinski definition) is 8. The lowest BCUT2D eigenvalue weighted by atomic mass is 9.83. The molecule has 0 radical (unpaired) electrons. The Morgan fingerprint density at radius 2 is 1.83 bits per heavy atom. The third-order valence-electron chi connectivity index (χ3n) is 6.33. The average molecular weight is 508 g/mol. The summed E-state index contributed by atoms with van der Waals surface area (Å²) in [4.78, 5) is 23.7. The van der Waals surface area contributed by atoms with Crippen LogP contribution in [-0.4, -0.2) is 78.6 Å². The van der Waals surface area contributed by atoms with E-state index in [1.165, 1.54) is 6.08 Å². The topological polar surface area (TPSA) is 116 Å². The SMILES string of the molecule is CC(/C=C/[C@H]1OC(C)(C)C[C@@]2(CO2)[C@@H]1O)=C\CC1OCC(NC(=O)/C=C\[C@H](C)OC(=O)C(C)C)CO1. The second-order valence-electron chi connectivity index (χ2n) is 10.8. The molecule has 4 atom stereocenters. The molecule has 0 unspecified atom stereocenters. The smallest absolute Gasteiger partial charge is 0.308 e. The first-order valence-electron chi connectivity index (χ1n) is 12.7. The van der Waals surface area contributed by atoms with Crippen LogP contribution >= 0.6 is 0 Å². The van der Waals surface area contributed by atoms with Gasteiger partial charge in [0.25, 0.3) is 0 Å². The zero-order chi connectivity index (χ0) is 26.5. The lowest BCUT2D eigenvalue weighted by Crippen LogP contribution is -2.53. The number of allylic oxidation sites excluding steroid dienone is 2. The number of aliphatic hydroxyl groups excluding tert-OH is 1. The van der Waals surface area contributed by atoms with Crippen LogP contribution in [0.5, 0.6) is 0 Å². The average Bonchev–Trinajstić information content (AvgIpc) is 3.58. The standard InChI is InChI=1S/C27H41NO8/c1-17(2)25(31)35-19(4)9-11-22(29)28-20-13-32-23(33-14-20)12-8-18(3)7-10-21-24(30)27(16-34-27)15-26(5,6)36-21/h7-11,17,19-21,23-24,30H,12-16H2,1-6H3,(H,28,29)/b10-7+,11-9-,18-8+/t19-,20?,21+,23?,24+,27+/m0/s1. The Labute approximate surface area is 213 Å². The summed E-state index contributed by atoms with van der Waals surface area (Å²) in [7, 11) is 0. The van der Waals surface area contributed by atoms with Crippen LogP contribution in [0.4, 0.5) is 0 Å². The Morgan fingerprint density at radius 1 is 1.17 bits per heavy atom. The lowest BCUT2D eigenvalue weighted by molar-refractivity contribution is -0.187. The maximum absolute atomic E-state index is 12.1. The summed E-state index contributed by atoms with van der Waals surface area (Å²) in [5.41, 5.74) is 0.172. The van der Waals surface area contributed by atoms with Crippen LogP contribution in [0, 0.1) is 5.92 Å². The summed E-state index contributed by atoms with van der Waals surface area (Å²) in [6.07, 6.45) is 7.97. The summed E-state index contributed by atoms with van der Waals surface area (Å²) in [5, 5.41) is 13.5. The van der Waals surface area contributed by atoms with Crippen LogP contribution in [0.25, 0.3) is 0 Å². The van der Waals surface area contributed by atoms with E-state index in [1.807, 2.05) is 39.0 Å². The molecule has 9 nitrogen and oxygen atoms in total. The van der Waals surface area contributed by atoms with Gasteiger partial charge in [0.05, 0.1) is 37.4 Å². The molecule has 0 aromatic rings. The van der Waals surface area contributed by atoms with E-state index in [1.54, 1.807) is 26.8 Å². The molecule has 3 heterocycles. The predicted molar refractivity (Wildman–Crippen MR) is 133 cm³/mol. The molecule has 202 valence electrons. The van der Waals surface area contributed by atoms with Crippen molar-refractivity contribution >= 4 is 11.9 Å². The van der Waals surface area contributed by atoms with Crippen LogP contribution < -0.4 is 5.32 Å². The zero-order valence-electron chi connectivity index (χ0n) is 22.2. The van der Waals surface area contributed by atoms with E-state index in [0.29, 0.717) is 32.7 Å². The van der Waals surface area contributed by atoms with E-state index in [4.69, 9.17) is 23.7 Å². The van der Waals surface area contributed by atoms with Crippen molar-refractivity contribution < 1.29 is 38.4 Å². The van der Waals surface area contributed by atoms with Gasteiger partial charge in [-0.1, -0.05) is 37.6 Å². The minimum absolute atomic E-state index is 0.218. The molecule has 36 heavy (non-hydrogen) atoms. The number of epoxide rings is 1. The Bertz CT molecular complexity index is 865.